The van der Waals surface area contributed by atoms with Crippen LogP contribution >= 0.6 is 0 Å². The van der Waals surface area contributed by atoms with Crippen LogP contribution < -0.4 is 0 Å². The molecule has 0 aromatic heterocycles. The summed E-state index contributed by atoms with van der Waals surface area (Å²) in [5, 5.41) is 8.47. The standard InChI is InChI=1S/C13H18O4/c1-8-2-9-4-10(3-8)6-11(5-9)13(16)17-7-12(14)15/h2,8,10-11H,3-7H2,1H3,(H,14,15). The Morgan fingerprint density at radius 2 is 2.18 bits per heavy atom. The van der Waals surface area contributed by atoms with E-state index in [0.717, 1.165) is 25.7 Å². The third-order valence-corrected chi connectivity index (χ3v) is 3.57. The third kappa shape index (κ3) is 3.08. The molecule has 2 aliphatic carbocycles. The summed E-state index contributed by atoms with van der Waals surface area (Å²) in [5.41, 5.74) is 1.34. The van der Waals surface area contributed by atoms with E-state index in [4.69, 9.17) is 9.84 Å². The molecular formula is C13H18O4. The Hall–Kier alpha value is -1.32. The maximum Gasteiger partial charge on any atom is 0.341 e. The second-order valence-electron chi connectivity index (χ2n) is 5.25. The molecule has 3 atom stereocenters. The number of esters is 1. The number of allylic oxidation sites excluding steroid dienone is 2. The van der Waals surface area contributed by atoms with Gasteiger partial charge in [0.2, 0.25) is 0 Å². The van der Waals surface area contributed by atoms with Crippen molar-refractivity contribution < 1.29 is 19.4 Å². The molecular weight excluding hydrogens is 220 g/mol. The number of carbonyl (C=O) groups excluding carboxylic acids is 1. The van der Waals surface area contributed by atoms with Crippen molar-refractivity contribution in [2.75, 3.05) is 6.61 Å². The average Bonchev–Trinajstić information content (AvgIpc) is 2.24. The Labute approximate surface area is 101 Å². The van der Waals surface area contributed by atoms with Crippen molar-refractivity contribution in [3.8, 4) is 0 Å². The number of hydrogen-bond donors (Lipinski definition) is 1. The number of carboxylic acids is 1. The lowest BCUT2D eigenvalue weighted by atomic mass is 9.71. The van der Waals surface area contributed by atoms with Crippen molar-refractivity contribution in [1.82, 2.24) is 0 Å². The van der Waals surface area contributed by atoms with Crippen LogP contribution in [-0.4, -0.2) is 23.7 Å². The molecule has 4 nitrogen and oxygen atoms in total. The van der Waals surface area contributed by atoms with Crippen LogP contribution in [0.15, 0.2) is 11.6 Å². The summed E-state index contributed by atoms with van der Waals surface area (Å²) >= 11 is 0. The maximum atomic E-state index is 11.7. The molecule has 2 aliphatic rings. The van der Waals surface area contributed by atoms with Crippen molar-refractivity contribution in [2.24, 2.45) is 17.8 Å². The third-order valence-electron chi connectivity index (χ3n) is 3.57. The molecule has 94 valence electrons. The number of rotatable bonds is 3. The molecule has 1 saturated carbocycles. The van der Waals surface area contributed by atoms with Crippen molar-refractivity contribution in [3.05, 3.63) is 11.6 Å². The second kappa shape index (κ2) is 4.90. The maximum absolute atomic E-state index is 11.7. The number of carbonyl (C=O) groups is 2. The van der Waals surface area contributed by atoms with Gasteiger partial charge in [0.1, 0.15) is 0 Å². The minimum absolute atomic E-state index is 0.133. The fourth-order valence-electron chi connectivity index (χ4n) is 3.08. The van der Waals surface area contributed by atoms with Gasteiger partial charge in [-0.3, -0.25) is 4.79 Å². The van der Waals surface area contributed by atoms with E-state index >= 15 is 0 Å². The van der Waals surface area contributed by atoms with E-state index in [9.17, 15) is 9.59 Å². The Balaban J connectivity index is 1.93. The van der Waals surface area contributed by atoms with Gasteiger partial charge in [-0.2, -0.15) is 0 Å². The first kappa shape index (κ1) is 12.1. The normalized spacial score (nSPS) is 31.6. The largest absolute Gasteiger partial charge is 0.479 e. The Morgan fingerprint density at radius 1 is 1.41 bits per heavy atom. The predicted octanol–water partition coefficient (Wildman–Crippen LogP) is 2.00. The molecule has 4 heteroatoms. The van der Waals surface area contributed by atoms with Gasteiger partial charge in [0, 0.05) is 0 Å². The zero-order valence-electron chi connectivity index (χ0n) is 10.0. The summed E-state index contributed by atoms with van der Waals surface area (Å²) in [5.74, 6) is -0.396. The molecule has 0 aromatic carbocycles. The lowest BCUT2D eigenvalue weighted by molar-refractivity contribution is -0.159. The molecule has 1 N–H and O–H groups in total. The van der Waals surface area contributed by atoms with Gasteiger partial charge in [0.25, 0.3) is 0 Å². The molecule has 2 rings (SSSR count). The zero-order chi connectivity index (χ0) is 12.4. The molecule has 0 aromatic rings. The average molecular weight is 238 g/mol. The summed E-state index contributed by atoms with van der Waals surface area (Å²) in [6, 6.07) is 0. The van der Waals surface area contributed by atoms with Crippen molar-refractivity contribution in [1.29, 1.82) is 0 Å². The van der Waals surface area contributed by atoms with Crippen LogP contribution in [0.5, 0.6) is 0 Å². The first-order valence-electron chi connectivity index (χ1n) is 6.12. The van der Waals surface area contributed by atoms with Gasteiger partial charge in [-0.1, -0.05) is 18.6 Å². The minimum atomic E-state index is -1.10. The summed E-state index contributed by atoms with van der Waals surface area (Å²) < 4.78 is 4.77. The molecule has 0 heterocycles. The van der Waals surface area contributed by atoms with Crippen LogP contribution in [0.2, 0.25) is 0 Å². The lowest BCUT2D eigenvalue weighted by Gasteiger charge is -2.35. The number of carboxylic acid groups (broad SMARTS) is 1. The van der Waals surface area contributed by atoms with Gasteiger partial charge in [-0.05, 0) is 37.5 Å². The van der Waals surface area contributed by atoms with Crippen LogP contribution in [-0.2, 0) is 14.3 Å². The van der Waals surface area contributed by atoms with Crippen LogP contribution in [0.1, 0.15) is 32.6 Å². The van der Waals surface area contributed by atoms with E-state index in [1.165, 1.54) is 5.57 Å². The lowest BCUT2D eigenvalue weighted by Crippen LogP contribution is -2.30. The minimum Gasteiger partial charge on any atom is -0.479 e. The first-order chi connectivity index (χ1) is 8.04. The molecule has 0 radical (unpaired) electrons. The SMILES string of the molecule is CC1C=C2CC(C1)CC(C(=O)OCC(=O)O)C2. The monoisotopic (exact) mass is 238 g/mol. The number of ether oxygens (including phenoxy) is 1. The molecule has 0 spiro atoms. The molecule has 2 bridgehead atoms. The van der Waals surface area contributed by atoms with Crippen LogP contribution in [0.25, 0.3) is 0 Å². The highest BCUT2D eigenvalue weighted by atomic mass is 16.5. The van der Waals surface area contributed by atoms with Crippen molar-refractivity contribution in [2.45, 2.75) is 32.6 Å². The van der Waals surface area contributed by atoms with Gasteiger partial charge in [-0.15, -0.1) is 0 Å². The quantitative estimate of drug-likeness (QED) is 0.603. The topological polar surface area (TPSA) is 63.6 Å². The fourth-order valence-corrected chi connectivity index (χ4v) is 3.08. The highest BCUT2D eigenvalue weighted by Crippen LogP contribution is 2.41. The molecule has 0 saturated heterocycles. The van der Waals surface area contributed by atoms with Crippen LogP contribution in [0.3, 0.4) is 0 Å². The molecule has 0 amide bonds. The summed E-state index contributed by atoms with van der Waals surface area (Å²) in [7, 11) is 0. The molecule has 1 fully saturated rings. The highest BCUT2D eigenvalue weighted by Gasteiger charge is 2.33. The molecule has 17 heavy (non-hydrogen) atoms. The van der Waals surface area contributed by atoms with E-state index in [-0.39, 0.29) is 11.9 Å². The number of fused-ring (bicyclic) bond motifs is 2. The van der Waals surface area contributed by atoms with Gasteiger partial charge in [0.15, 0.2) is 6.61 Å². The number of aliphatic carboxylic acids is 1. The summed E-state index contributed by atoms with van der Waals surface area (Å²) in [6.07, 6.45) is 6.09. The van der Waals surface area contributed by atoms with Crippen molar-refractivity contribution >= 4 is 11.9 Å². The van der Waals surface area contributed by atoms with Crippen LogP contribution in [0, 0.1) is 17.8 Å². The Bertz CT molecular complexity index is 358. The second-order valence-corrected chi connectivity index (χ2v) is 5.25. The van der Waals surface area contributed by atoms with E-state index < -0.39 is 12.6 Å². The van der Waals surface area contributed by atoms with E-state index in [1.807, 2.05) is 0 Å². The first-order valence-corrected chi connectivity index (χ1v) is 6.12. The number of hydrogen-bond acceptors (Lipinski definition) is 3. The molecule has 3 unspecified atom stereocenters. The van der Waals surface area contributed by atoms with Gasteiger partial charge < -0.3 is 9.84 Å². The van der Waals surface area contributed by atoms with Crippen LogP contribution in [0.4, 0.5) is 0 Å². The smallest absolute Gasteiger partial charge is 0.341 e. The van der Waals surface area contributed by atoms with E-state index in [0.29, 0.717) is 11.8 Å². The Morgan fingerprint density at radius 3 is 2.82 bits per heavy atom. The highest BCUT2D eigenvalue weighted by molar-refractivity contribution is 5.77. The van der Waals surface area contributed by atoms with Gasteiger partial charge in [0.05, 0.1) is 5.92 Å². The van der Waals surface area contributed by atoms with Gasteiger partial charge in [-0.25, -0.2) is 4.79 Å². The fraction of sp³-hybridized carbons (Fsp3) is 0.692. The Kier molecular flexibility index (Phi) is 3.50. The van der Waals surface area contributed by atoms with E-state index in [2.05, 4.69) is 13.0 Å². The molecule has 0 aliphatic heterocycles. The zero-order valence-corrected chi connectivity index (χ0v) is 10.0. The van der Waals surface area contributed by atoms with Crippen molar-refractivity contribution in [3.63, 3.8) is 0 Å². The van der Waals surface area contributed by atoms with Gasteiger partial charge >= 0.3 is 11.9 Å². The van der Waals surface area contributed by atoms with E-state index in [1.54, 1.807) is 0 Å². The summed E-state index contributed by atoms with van der Waals surface area (Å²) in [4.78, 5) is 22.0. The predicted molar refractivity (Wildman–Crippen MR) is 61.3 cm³/mol. The summed E-state index contributed by atoms with van der Waals surface area (Å²) in [6.45, 7) is 1.69.